The van der Waals surface area contributed by atoms with Crippen molar-refractivity contribution < 1.29 is 4.42 Å². The molecule has 0 aliphatic heterocycles. The molecule has 3 rings (SSSR count). The first-order valence-corrected chi connectivity index (χ1v) is 5.00. The quantitative estimate of drug-likeness (QED) is 0.717. The number of rotatable bonds is 2. The zero-order valence-electron chi connectivity index (χ0n) is 8.82. The van der Waals surface area contributed by atoms with E-state index in [-0.39, 0.29) is 0 Å². The predicted octanol–water partition coefficient (Wildman–Crippen LogP) is 1.50. The molecule has 0 bridgehead atoms. The molecule has 3 aromatic rings. The molecule has 0 aromatic carbocycles. The van der Waals surface area contributed by atoms with E-state index in [4.69, 9.17) is 10.2 Å². The van der Waals surface area contributed by atoms with Crippen LogP contribution < -0.4 is 5.73 Å². The molecule has 0 aliphatic rings. The summed E-state index contributed by atoms with van der Waals surface area (Å²) in [6.07, 6.45) is 6.36. The van der Waals surface area contributed by atoms with Gasteiger partial charge in [-0.05, 0) is 12.1 Å². The molecule has 0 aliphatic carbocycles. The second kappa shape index (κ2) is 3.75. The maximum absolute atomic E-state index is 5.87. The van der Waals surface area contributed by atoms with Gasteiger partial charge >= 0.3 is 0 Å². The molecule has 2 N–H and O–H groups in total. The first-order chi connectivity index (χ1) is 8.34. The van der Waals surface area contributed by atoms with Crippen LogP contribution in [0.1, 0.15) is 0 Å². The van der Waals surface area contributed by atoms with Gasteiger partial charge in [-0.1, -0.05) is 0 Å². The van der Waals surface area contributed by atoms with Gasteiger partial charge in [-0.15, -0.1) is 0 Å². The lowest BCUT2D eigenvalue weighted by Crippen LogP contribution is -2.03. The zero-order chi connectivity index (χ0) is 11.7. The fourth-order valence-electron chi connectivity index (χ4n) is 1.52. The molecule has 17 heavy (non-hydrogen) atoms. The van der Waals surface area contributed by atoms with E-state index >= 15 is 0 Å². The van der Waals surface area contributed by atoms with E-state index in [1.807, 2.05) is 6.07 Å². The van der Waals surface area contributed by atoms with Crippen molar-refractivity contribution in [1.29, 1.82) is 0 Å². The molecule has 0 fully saturated rings. The molecule has 0 radical (unpaired) electrons. The summed E-state index contributed by atoms with van der Waals surface area (Å²) in [5, 5.41) is 4.32. The molecule has 6 heteroatoms. The number of nitrogens with zero attached hydrogens (tertiary/aromatic N) is 4. The smallest absolute Gasteiger partial charge is 0.174 e. The number of nitrogen functional groups attached to an aromatic ring is 1. The Bertz CT molecular complexity index is 615. The maximum Gasteiger partial charge on any atom is 0.174 e. The Morgan fingerprint density at radius 2 is 2.24 bits per heavy atom. The summed E-state index contributed by atoms with van der Waals surface area (Å²) < 4.78 is 6.78. The summed E-state index contributed by atoms with van der Waals surface area (Å²) in [6, 6.07) is 5.35. The van der Waals surface area contributed by atoms with E-state index in [0.29, 0.717) is 23.1 Å². The number of nitrogens with two attached hydrogens (primary N) is 1. The number of hydrogen-bond donors (Lipinski definition) is 1. The Kier molecular flexibility index (Phi) is 2.11. The SMILES string of the molecule is Nc1cc(-c2ccco2)nn1-c1cnccn1. The molecule has 84 valence electrons. The van der Waals surface area contributed by atoms with Crippen molar-refractivity contribution in [3.05, 3.63) is 43.1 Å². The number of hydrogen-bond acceptors (Lipinski definition) is 5. The summed E-state index contributed by atoms with van der Waals surface area (Å²) in [4.78, 5) is 8.10. The van der Waals surface area contributed by atoms with Crippen LogP contribution in [0.15, 0.2) is 47.5 Å². The first-order valence-electron chi connectivity index (χ1n) is 5.00. The van der Waals surface area contributed by atoms with Gasteiger partial charge in [-0.3, -0.25) is 4.98 Å². The van der Waals surface area contributed by atoms with Gasteiger partial charge in [0.1, 0.15) is 11.5 Å². The van der Waals surface area contributed by atoms with E-state index in [9.17, 15) is 0 Å². The Hall–Kier alpha value is -2.63. The van der Waals surface area contributed by atoms with Gasteiger partial charge in [-0.2, -0.15) is 9.78 Å². The van der Waals surface area contributed by atoms with Crippen LogP contribution >= 0.6 is 0 Å². The van der Waals surface area contributed by atoms with Gasteiger partial charge in [0.25, 0.3) is 0 Å². The monoisotopic (exact) mass is 227 g/mol. The topological polar surface area (TPSA) is 82.8 Å². The number of furan rings is 1. The lowest BCUT2D eigenvalue weighted by Gasteiger charge is -2.00. The largest absolute Gasteiger partial charge is 0.463 e. The molecule has 0 amide bonds. The average Bonchev–Trinajstić information content (AvgIpc) is 2.99. The van der Waals surface area contributed by atoms with Gasteiger partial charge < -0.3 is 10.2 Å². The molecular weight excluding hydrogens is 218 g/mol. The molecule has 0 spiro atoms. The van der Waals surface area contributed by atoms with Crippen molar-refractivity contribution in [1.82, 2.24) is 19.7 Å². The second-order valence-electron chi connectivity index (χ2n) is 3.41. The van der Waals surface area contributed by atoms with Gasteiger partial charge in [0.05, 0.1) is 12.5 Å². The molecule has 0 atom stereocenters. The fourth-order valence-corrected chi connectivity index (χ4v) is 1.52. The van der Waals surface area contributed by atoms with E-state index in [1.165, 1.54) is 4.68 Å². The van der Waals surface area contributed by atoms with E-state index < -0.39 is 0 Å². The minimum atomic E-state index is 0.483. The highest BCUT2D eigenvalue weighted by atomic mass is 16.3. The van der Waals surface area contributed by atoms with Gasteiger partial charge in [0.15, 0.2) is 11.6 Å². The highest BCUT2D eigenvalue weighted by molar-refractivity contribution is 5.57. The molecule has 3 aromatic heterocycles. The van der Waals surface area contributed by atoms with Crippen LogP contribution in [-0.4, -0.2) is 19.7 Å². The van der Waals surface area contributed by atoms with E-state index in [0.717, 1.165) is 0 Å². The van der Waals surface area contributed by atoms with Crippen molar-refractivity contribution in [2.75, 3.05) is 5.73 Å². The third kappa shape index (κ3) is 1.65. The lowest BCUT2D eigenvalue weighted by molar-refractivity contribution is 0.579. The van der Waals surface area contributed by atoms with Crippen LogP contribution in [0.3, 0.4) is 0 Å². The average molecular weight is 227 g/mol. The third-order valence-corrected chi connectivity index (χ3v) is 2.28. The van der Waals surface area contributed by atoms with Crippen LogP contribution in [-0.2, 0) is 0 Å². The molecule has 3 heterocycles. The predicted molar refractivity (Wildman–Crippen MR) is 61.3 cm³/mol. The molecular formula is C11H9N5O. The minimum absolute atomic E-state index is 0.483. The van der Waals surface area contributed by atoms with Crippen LogP contribution in [0.2, 0.25) is 0 Å². The van der Waals surface area contributed by atoms with E-state index in [1.54, 1.807) is 37.0 Å². The molecule has 0 unspecified atom stereocenters. The molecule has 0 saturated heterocycles. The fraction of sp³-hybridized carbons (Fsp3) is 0. The van der Waals surface area contributed by atoms with Crippen molar-refractivity contribution in [2.24, 2.45) is 0 Å². The Morgan fingerprint density at radius 1 is 1.29 bits per heavy atom. The van der Waals surface area contributed by atoms with Crippen LogP contribution in [0.4, 0.5) is 5.82 Å². The normalized spacial score (nSPS) is 10.6. The number of aromatic nitrogens is 4. The summed E-state index contributed by atoms with van der Waals surface area (Å²) >= 11 is 0. The summed E-state index contributed by atoms with van der Waals surface area (Å²) in [5.74, 6) is 1.72. The number of anilines is 1. The standard InChI is InChI=1S/C11H9N5O/c12-10-6-8(9-2-1-5-17-9)15-16(10)11-7-13-3-4-14-11/h1-7H,12H2. The zero-order valence-corrected chi connectivity index (χ0v) is 8.82. The molecule has 0 saturated carbocycles. The highest BCUT2D eigenvalue weighted by Gasteiger charge is 2.11. The van der Waals surface area contributed by atoms with Crippen molar-refractivity contribution in [3.63, 3.8) is 0 Å². The van der Waals surface area contributed by atoms with Gasteiger partial charge in [0.2, 0.25) is 0 Å². The molecule has 6 nitrogen and oxygen atoms in total. The Morgan fingerprint density at radius 3 is 2.94 bits per heavy atom. The third-order valence-electron chi connectivity index (χ3n) is 2.28. The van der Waals surface area contributed by atoms with Gasteiger partial charge in [-0.25, -0.2) is 4.98 Å². The maximum atomic E-state index is 5.87. The summed E-state index contributed by atoms with van der Waals surface area (Å²) in [7, 11) is 0. The van der Waals surface area contributed by atoms with Crippen molar-refractivity contribution >= 4 is 5.82 Å². The van der Waals surface area contributed by atoms with Gasteiger partial charge in [0, 0.05) is 18.5 Å². The van der Waals surface area contributed by atoms with Crippen LogP contribution in [0.5, 0.6) is 0 Å². The Labute approximate surface area is 96.7 Å². The second-order valence-corrected chi connectivity index (χ2v) is 3.41. The lowest BCUT2D eigenvalue weighted by atomic mass is 10.3. The van der Waals surface area contributed by atoms with Crippen LogP contribution in [0, 0.1) is 0 Å². The first kappa shape index (κ1) is 9.59. The summed E-state index contributed by atoms with van der Waals surface area (Å²) in [5.41, 5.74) is 6.54. The Balaban J connectivity index is 2.08. The van der Waals surface area contributed by atoms with Crippen molar-refractivity contribution in [3.8, 4) is 17.3 Å². The van der Waals surface area contributed by atoms with Crippen molar-refractivity contribution in [2.45, 2.75) is 0 Å². The van der Waals surface area contributed by atoms with Crippen LogP contribution in [0.25, 0.3) is 17.3 Å². The minimum Gasteiger partial charge on any atom is -0.463 e. The highest BCUT2D eigenvalue weighted by Crippen LogP contribution is 2.22. The summed E-state index contributed by atoms with van der Waals surface area (Å²) in [6.45, 7) is 0. The van der Waals surface area contributed by atoms with E-state index in [2.05, 4.69) is 15.1 Å².